The van der Waals surface area contributed by atoms with Gasteiger partial charge in [0.15, 0.2) is 5.79 Å². The van der Waals surface area contributed by atoms with Crippen molar-refractivity contribution < 1.29 is 9.47 Å². The Morgan fingerprint density at radius 1 is 1.42 bits per heavy atom. The third-order valence-corrected chi connectivity index (χ3v) is 2.81. The van der Waals surface area contributed by atoms with E-state index >= 15 is 0 Å². The summed E-state index contributed by atoms with van der Waals surface area (Å²) in [6, 6.07) is 0. The standard InChI is InChI=1S/C9H17NO2/c1-7-5-10-4-3-9(7)11-6-8(2)12-9/h7-8,10H,3-6H2,1-2H3. The van der Waals surface area contributed by atoms with E-state index in [1.807, 2.05) is 0 Å². The highest BCUT2D eigenvalue weighted by atomic mass is 16.7. The summed E-state index contributed by atoms with van der Waals surface area (Å²) in [5.74, 6) is 0.209. The summed E-state index contributed by atoms with van der Waals surface area (Å²) in [5.41, 5.74) is 0. The van der Waals surface area contributed by atoms with Gasteiger partial charge in [-0.25, -0.2) is 0 Å². The second-order valence-electron chi connectivity index (χ2n) is 3.91. The molecule has 0 aromatic heterocycles. The Morgan fingerprint density at radius 2 is 2.25 bits per heavy atom. The number of ether oxygens (including phenoxy) is 2. The Hall–Kier alpha value is -0.120. The summed E-state index contributed by atoms with van der Waals surface area (Å²) in [6.07, 6.45) is 1.25. The molecule has 0 saturated carbocycles. The second-order valence-corrected chi connectivity index (χ2v) is 3.91. The largest absolute Gasteiger partial charge is 0.347 e. The molecule has 3 nitrogen and oxygen atoms in total. The Kier molecular flexibility index (Phi) is 2.10. The molecule has 2 heterocycles. The van der Waals surface area contributed by atoms with Crippen molar-refractivity contribution in [2.75, 3.05) is 19.7 Å². The van der Waals surface area contributed by atoms with Gasteiger partial charge in [-0.3, -0.25) is 0 Å². The van der Waals surface area contributed by atoms with E-state index in [4.69, 9.17) is 9.47 Å². The molecule has 12 heavy (non-hydrogen) atoms. The lowest BCUT2D eigenvalue weighted by molar-refractivity contribution is -0.210. The van der Waals surface area contributed by atoms with Crippen molar-refractivity contribution in [2.45, 2.75) is 32.2 Å². The molecule has 3 unspecified atom stereocenters. The summed E-state index contributed by atoms with van der Waals surface area (Å²) in [5, 5.41) is 3.34. The fraction of sp³-hybridized carbons (Fsp3) is 1.00. The number of hydrogen-bond donors (Lipinski definition) is 1. The molecule has 0 amide bonds. The van der Waals surface area contributed by atoms with Crippen LogP contribution in [0, 0.1) is 5.92 Å². The normalized spacial score (nSPS) is 48.5. The Labute approximate surface area is 73.4 Å². The highest BCUT2D eigenvalue weighted by Gasteiger charge is 2.45. The molecule has 1 N–H and O–H groups in total. The van der Waals surface area contributed by atoms with Crippen LogP contribution in [-0.2, 0) is 9.47 Å². The first-order chi connectivity index (χ1) is 5.73. The lowest BCUT2D eigenvalue weighted by atomic mass is 9.94. The fourth-order valence-electron chi connectivity index (χ4n) is 2.04. The smallest absolute Gasteiger partial charge is 0.173 e. The van der Waals surface area contributed by atoms with Gasteiger partial charge in [0.1, 0.15) is 0 Å². The minimum atomic E-state index is -0.259. The molecule has 70 valence electrons. The van der Waals surface area contributed by atoms with E-state index in [0.29, 0.717) is 5.92 Å². The van der Waals surface area contributed by atoms with Gasteiger partial charge in [-0.2, -0.15) is 0 Å². The average Bonchev–Trinajstić information content (AvgIpc) is 2.41. The van der Waals surface area contributed by atoms with E-state index in [1.54, 1.807) is 0 Å². The van der Waals surface area contributed by atoms with E-state index in [1.165, 1.54) is 0 Å². The summed E-state index contributed by atoms with van der Waals surface area (Å²) >= 11 is 0. The van der Waals surface area contributed by atoms with Crippen LogP contribution in [0.1, 0.15) is 20.3 Å². The van der Waals surface area contributed by atoms with E-state index in [9.17, 15) is 0 Å². The van der Waals surface area contributed by atoms with Gasteiger partial charge >= 0.3 is 0 Å². The monoisotopic (exact) mass is 171 g/mol. The number of hydrogen-bond acceptors (Lipinski definition) is 3. The molecule has 2 saturated heterocycles. The molecule has 0 aromatic carbocycles. The van der Waals surface area contributed by atoms with Gasteiger partial charge < -0.3 is 14.8 Å². The third-order valence-electron chi connectivity index (χ3n) is 2.81. The lowest BCUT2D eigenvalue weighted by Gasteiger charge is -2.38. The maximum absolute atomic E-state index is 5.84. The zero-order valence-corrected chi connectivity index (χ0v) is 7.80. The van der Waals surface area contributed by atoms with Gasteiger partial charge in [0.05, 0.1) is 12.7 Å². The van der Waals surface area contributed by atoms with Crippen LogP contribution >= 0.6 is 0 Å². The Bertz CT molecular complexity index is 170. The number of rotatable bonds is 0. The van der Waals surface area contributed by atoms with Crippen LogP contribution < -0.4 is 5.32 Å². The topological polar surface area (TPSA) is 30.5 Å². The van der Waals surface area contributed by atoms with Crippen LogP contribution in [0.4, 0.5) is 0 Å². The summed E-state index contributed by atoms with van der Waals surface area (Å²) in [4.78, 5) is 0. The molecule has 2 aliphatic heterocycles. The van der Waals surface area contributed by atoms with Crippen molar-refractivity contribution in [3.63, 3.8) is 0 Å². The highest BCUT2D eigenvalue weighted by Crippen LogP contribution is 2.35. The molecular weight excluding hydrogens is 154 g/mol. The van der Waals surface area contributed by atoms with Crippen molar-refractivity contribution in [1.29, 1.82) is 0 Å². The minimum Gasteiger partial charge on any atom is -0.347 e. The quantitative estimate of drug-likeness (QED) is 0.583. The number of nitrogens with one attached hydrogen (secondary N) is 1. The Morgan fingerprint density at radius 3 is 2.83 bits per heavy atom. The van der Waals surface area contributed by atoms with Crippen LogP contribution in [0.2, 0.25) is 0 Å². The fourth-order valence-corrected chi connectivity index (χ4v) is 2.04. The van der Waals surface area contributed by atoms with Gasteiger partial charge in [-0.05, 0) is 6.92 Å². The van der Waals surface area contributed by atoms with Gasteiger partial charge in [-0.1, -0.05) is 6.92 Å². The first-order valence-corrected chi connectivity index (χ1v) is 4.75. The summed E-state index contributed by atoms with van der Waals surface area (Å²) in [6.45, 7) is 7.03. The molecular formula is C9H17NO2. The lowest BCUT2D eigenvalue weighted by Crippen LogP contribution is -2.50. The van der Waals surface area contributed by atoms with Gasteiger partial charge in [0.2, 0.25) is 0 Å². The third kappa shape index (κ3) is 1.26. The molecule has 2 fully saturated rings. The Balaban J connectivity index is 2.07. The molecule has 0 aliphatic carbocycles. The predicted molar refractivity (Wildman–Crippen MR) is 45.9 cm³/mol. The summed E-state index contributed by atoms with van der Waals surface area (Å²) in [7, 11) is 0. The zero-order chi connectivity index (χ0) is 8.60. The molecule has 0 aromatic rings. The van der Waals surface area contributed by atoms with Gasteiger partial charge in [-0.15, -0.1) is 0 Å². The molecule has 3 heteroatoms. The van der Waals surface area contributed by atoms with Crippen molar-refractivity contribution >= 4 is 0 Å². The van der Waals surface area contributed by atoms with Crippen LogP contribution in [-0.4, -0.2) is 31.6 Å². The highest BCUT2D eigenvalue weighted by molar-refractivity contribution is 4.87. The maximum atomic E-state index is 5.84. The van der Waals surface area contributed by atoms with E-state index < -0.39 is 0 Å². The van der Waals surface area contributed by atoms with Crippen LogP contribution in [0.5, 0.6) is 0 Å². The molecule has 3 atom stereocenters. The van der Waals surface area contributed by atoms with Gasteiger partial charge in [0.25, 0.3) is 0 Å². The number of piperidine rings is 1. The summed E-state index contributed by atoms with van der Waals surface area (Å²) < 4.78 is 11.6. The maximum Gasteiger partial charge on any atom is 0.173 e. The predicted octanol–water partition coefficient (Wildman–Crippen LogP) is 0.747. The van der Waals surface area contributed by atoms with Crippen LogP contribution in [0.15, 0.2) is 0 Å². The van der Waals surface area contributed by atoms with Crippen LogP contribution in [0.3, 0.4) is 0 Å². The molecule has 0 radical (unpaired) electrons. The molecule has 2 aliphatic rings. The van der Waals surface area contributed by atoms with Crippen molar-refractivity contribution in [2.24, 2.45) is 5.92 Å². The molecule has 0 bridgehead atoms. The minimum absolute atomic E-state index is 0.259. The first kappa shape index (κ1) is 8.48. The van der Waals surface area contributed by atoms with E-state index in [-0.39, 0.29) is 11.9 Å². The second kappa shape index (κ2) is 2.98. The van der Waals surface area contributed by atoms with Crippen molar-refractivity contribution in [3.05, 3.63) is 0 Å². The SMILES string of the molecule is CC1COC2(CCNCC2C)O1. The first-order valence-electron chi connectivity index (χ1n) is 4.75. The molecule has 1 spiro atoms. The van der Waals surface area contributed by atoms with Gasteiger partial charge in [0, 0.05) is 25.4 Å². The van der Waals surface area contributed by atoms with Crippen molar-refractivity contribution in [1.82, 2.24) is 5.32 Å². The van der Waals surface area contributed by atoms with E-state index in [2.05, 4.69) is 19.2 Å². The molecule has 2 rings (SSSR count). The van der Waals surface area contributed by atoms with E-state index in [0.717, 1.165) is 26.1 Å². The average molecular weight is 171 g/mol. The van der Waals surface area contributed by atoms with Crippen molar-refractivity contribution in [3.8, 4) is 0 Å². The zero-order valence-electron chi connectivity index (χ0n) is 7.80. The van der Waals surface area contributed by atoms with Crippen LogP contribution in [0.25, 0.3) is 0 Å².